The molecule has 5 heteroatoms. The van der Waals surface area contributed by atoms with Crippen molar-refractivity contribution in [3.05, 3.63) is 58.7 Å². The van der Waals surface area contributed by atoms with Crippen LogP contribution >= 0.6 is 0 Å². The molecule has 0 radical (unpaired) electrons. The second-order valence-corrected chi connectivity index (χ2v) is 6.01. The first-order chi connectivity index (χ1) is 12.1. The first-order valence-corrected chi connectivity index (χ1v) is 8.34. The minimum absolute atomic E-state index is 0.160. The van der Waals surface area contributed by atoms with E-state index in [1.54, 1.807) is 24.3 Å². The van der Waals surface area contributed by atoms with E-state index in [9.17, 15) is 4.79 Å². The van der Waals surface area contributed by atoms with Crippen molar-refractivity contribution in [3.8, 4) is 17.6 Å². The largest absolute Gasteiger partial charge is 0.494 e. The van der Waals surface area contributed by atoms with Crippen LogP contribution in [0.2, 0.25) is 0 Å². The lowest BCUT2D eigenvalue weighted by Crippen LogP contribution is -2.23. The molecule has 0 saturated heterocycles. The average Bonchev–Trinajstić information content (AvgIpc) is 2.98. The van der Waals surface area contributed by atoms with Gasteiger partial charge in [-0.3, -0.25) is 4.79 Å². The summed E-state index contributed by atoms with van der Waals surface area (Å²) in [7, 11) is 0. The molecule has 0 aliphatic carbocycles. The fourth-order valence-electron chi connectivity index (χ4n) is 2.88. The Morgan fingerprint density at radius 3 is 2.80 bits per heavy atom. The minimum atomic E-state index is -0.193. The summed E-state index contributed by atoms with van der Waals surface area (Å²) in [5, 5.41) is 11.7. The summed E-state index contributed by atoms with van der Waals surface area (Å²) in [6.07, 6.45) is 1.03. The van der Waals surface area contributed by atoms with Crippen LogP contribution in [0.3, 0.4) is 0 Å². The lowest BCUT2D eigenvalue weighted by molar-refractivity contribution is 0.0950. The van der Waals surface area contributed by atoms with Gasteiger partial charge in [-0.25, -0.2) is 0 Å². The number of benzene rings is 2. The van der Waals surface area contributed by atoms with E-state index in [2.05, 4.69) is 5.32 Å². The van der Waals surface area contributed by atoms with Crippen LogP contribution < -0.4 is 14.8 Å². The van der Waals surface area contributed by atoms with Crippen molar-refractivity contribution >= 4 is 5.91 Å². The molecule has 128 valence electrons. The summed E-state index contributed by atoms with van der Waals surface area (Å²) in [6, 6.07) is 12.5. The Kier molecular flexibility index (Phi) is 4.90. The molecular formula is C20H20N2O3. The average molecular weight is 336 g/mol. The fourth-order valence-corrected chi connectivity index (χ4v) is 2.88. The lowest BCUT2D eigenvalue weighted by Gasteiger charge is -2.13. The van der Waals surface area contributed by atoms with E-state index in [0.717, 1.165) is 29.0 Å². The van der Waals surface area contributed by atoms with Crippen molar-refractivity contribution in [1.29, 1.82) is 5.26 Å². The molecule has 2 aromatic carbocycles. The maximum absolute atomic E-state index is 12.3. The highest BCUT2D eigenvalue weighted by molar-refractivity contribution is 5.94. The number of rotatable bonds is 5. The third-order valence-corrected chi connectivity index (χ3v) is 4.09. The predicted octanol–water partition coefficient (Wildman–Crippen LogP) is 3.21. The normalized spacial score (nSPS) is 15.0. The minimum Gasteiger partial charge on any atom is -0.494 e. The Labute approximate surface area is 147 Å². The van der Waals surface area contributed by atoms with Gasteiger partial charge in [-0.15, -0.1) is 0 Å². The molecule has 0 fully saturated rings. The number of nitriles is 1. The number of carbonyl (C=O) groups is 1. The second-order valence-electron chi connectivity index (χ2n) is 6.01. The lowest BCUT2D eigenvalue weighted by atomic mass is 10.1. The molecule has 1 aliphatic rings. The molecule has 1 heterocycles. The molecule has 0 unspecified atom stereocenters. The Hall–Kier alpha value is -3.00. The van der Waals surface area contributed by atoms with Gasteiger partial charge >= 0.3 is 0 Å². The molecule has 0 aromatic heterocycles. The zero-order chi connectivity index (χ0) is 17.8. The molecule has 1 atom stereocenters. The standard InChI is InChI=1S/C20H20N2O3/c1-3-24-18-9-16-8-13(2)25-19(16)10-17(18)12-22-20(23)15-6-4-14(11-21)5-7-15/h4-7,9-10,13H,3,8,12H2,1-2H3,(H,22,23)/t13-/m0/s1. The number of amides is 1. The summed E-state index contributed by atoms with van der Waals surface area (Å²) in [4.78, 5) is 12.3. The Bertz CT molecular complexity index is 822. The van der Waals surface area contributed by atoms with Crippen LogP contribution in [0.5, 0.6) is 11.5 Å². The molecular weight excluding hydrogens is 316 g/mol. The van der Waals surface area contributed by atoms with Crippen LogP contribution in [0.4, 0.5) is 0 Å². The number of fused-ring (bicyclic) bond motifs is 1. The van der Waals surface area contributed by atoms with Gasteiger partial charge in [-0.05, 0) is 50.2 Å². The van der Waals surface area contributed by atoms with Gasteiger partial charge in [0.15, 0.2) is 0 Å². The van der Waals surface area contributed by atoms with E-state index in [4.69, 9.17) is 14.7 Å². The third-order valence-electron chi connectivity index (χ3n) is 4.09. The Balaban J connectivity index is 1.74. The number of nitrogens with one attached hydrogen (secondary N) is 1. The summed E-state index contributed by atoms with van der Waals surface area (Å²) in [5.41, 5.74) is 3.07. The highest BCUT2D eigenvalue weighted by Crippen LogP contribution is 2.35. The van der Waals surface area contributed by atoms with Gasteiger partial charge in [0.25, 0.3) is 5.91 Å². The smallest absolute Gasteiger partial charge is 0.251 e. The van der Waals surface area contributed by atoms with Crippen LogP contribution in [0.15, 0.2) is 36.4 Å². The van der Waals surface area contributed by atoms with E-state index >= 15 is 0 Å². The van der Waals surface area contributed by atoms with Crippen LogP contribution in [0, 0.1) is 11.3 Å². The van der Waals surface area contributed by atoms with Crippen LogP contribution in [-0.4, -0.2) is 18.6 Å². The number of carbonyl (C=O) groups excluding carboxylic acids is 1. The van der Waals surface area contributed by atoms with Gasteiger partial charge in [-0.2, -0.15) is 5.26 Å². The Morgan fingerprint density at radius 2 is 2.12 bits per heavy atom. The van der Waals surface area contributed by atoms with Crippen molar-refractivity contribution in [2.45, 2.75) is 32.9 Å². The molecule has 2 aromatic rings. The van der Waals surface area contributed by atoms with Crippen molar-refractivity contribution in [1.82, 2.24) is 5.32 Å². The summed E-state index contributed by atoms with van der Waals surface area (Å²) < 4.78 is 11.5. The van der Waals surface area contributed by atoms with E-state index in [1.165, 1.54) is 0 Å². The quantitative estimate of drug-likeness (QED) is 0.910. The topological polar surface area (TPSA) is 71.3 Å². The van der Waals surface area contributed by atoms with Crippen molar-refractivity contribution in [2.75, 3.05) is 6.61 Å². The van der Waals surface area contributed by atoms with Gasteiger partial charge in [-0.1, -0.05) is 0 Å². The number of nitrogens with zero attached hydrogens (tertiary/aromatic N) is 1. The van der Waals surface area contributed by atoms with Gasteiger partial charge < -0.3 is 14.8 Å². The Morgan fingerprint density at radius 1 is 1.36 bits per heavy atom. The van der Waals surface area contributed by atoms with Gasteiger partial charge in [0.05, 0.1) is 18.2 Å². The highest BCUT2D eigenvalue weighted by Gasteiger charge is 2.22. The fraction of sp³-hybridized carbons (Fsp3) is 0.300. The van der Waals surface area contributed by atoms with Crippen LogP contribution in [0.1, 0.15) is 40.9 Å². The van der Waals surface area contributed by atoms with E-state index in [1.807, 2.05) is 32.0 Å². The van der Waals surface area contributed by atoms with Crippen molar-refractivity contribution < 1.29 is 14.3 Å². The summed E-state index contributed by atoms with van der Waals surface area (Å²) in [6.45, 7) is 4.88. The van der Waals surface area contributed by atoms with Gasteiger partial charge in [0.1, 0.15) is 17.6 Å². The monoisotopic (exact) mass is 336 g/mol. The number of ether oxygens (including phenoxy) is 2. The molecule has 0 bridgehead atoms. The maximum Gasteiger partial charge on any atom is 0.251 e. The van der Waals surface area contributed by atoms with Gasteiger partial charge in [0.2, 0.25) is 0 Å². The zero-order valence-corrected chi connectivity index (χ0v) is 14.3. The van der Waals surface area contributed by atoms with Crippen LogP contribution in [0.25, 0.3) is 0 Å². The molecule has 0 saturated carbocycles. The molecule has 3 rings (SSSR count). The molecule has 1 N–H and O–H groups in total. The van der Waals surface area contributed by atoms with Crippen molar-refractivity contribution in [3.63, 3.8) is 0 Å². The molecule has 5 nitrogen and oxygen atoms in total. The summed E-state index contributed by atoms with van der Waals surface area (Å²) >= 11 is 0. The van der Waals surface area contributed by atoms with Crippen LogP contribution in [-0.2, 0) is 13.0 Å². The SMILES string of the molecule is CCOc1cc2c(cc1CNC(=O)c1ccc(C#N)cc1)O[C@@H](C)C2. The molecule has 1 aliphatic heterocycles. The third kappa shape index (κ3) is 3.74. The predicted molar refractivity (Wildman–Crippen MR) is 93.7 cm³/mol. The number of hydrogen-bond acceptors (Lipinski definition) is 4. The van der Waals surface area contributed by atoms with E-state index < -0.39 is 0 Å². The first-order valence-electron chi connectivity index (χ1n) is 8.34. The first kappa shape index (κ1) is 16.8. The van der Waals surface area contributed by atoms with Crippen molar-refractivity contribution in [2.24, 2.45) is 0 Å². The zero-order valence-electron chi connectivity index (χ0n) is 14.3. The molecule has 25 heavy (non-hydrogen) atoms. The van der Waals surface area contributed by atoms with Gasteiger partial charge in [0, 0.05) is 29.7 Å². The van der Waals surface area contributed by atoms with E-state index in [0.29, 0.717) is 24.3 Å². The summed E-state index contributed by atoms with van der Waals surface area (Å²) in [5.74, 6) is 1.44. The maximum atomic E-state index is 12.3. The molecule has 0 spiro atoms. The van der Waals surface area contributed by atoms with E-state index in [-0.39, 0.29) is 12.0 Å². The molecule has 1 amide bonds. The number of hydrogen-bond donors (Lipinski definition) is 1. The second kappa shape index (κ2) is 7.27. The highest BCUT2D eigenvalue weighted by atomic mass is 16.5.